The number of nitrogen functional groups attached to an aromatic ring is 1. The first-order chi connectivity index (χ1) is 9.90. The SMILES string of the molecule is CC(C)NC(=O)C(C)NC(=O)c1sc2ccccc2c1N. The molecule has 0 spiro atoms. The Bertz CT molecular complexity index is 679. The highest BCUT2D eigenvalue weighted by Gasteiger charge is 2.21. The molecular formula is C15H19N3O2S. The van der Waals surface area contributed by atoms with Crippen molar-refractivity contribution in [3.05, 3.63) is 29.1 Å². The van der Waals surface area contributed by atoms with Crippen LogP contribution >= 0.6 is 11.3 Å². The summed E-state index contributed by atoms with van der Waals surface area (Å²) >= 11 is 1.33. The lowest BCUT2D eigenvalue weighted by atomic mass is 10.2. The third-order valence-corrected chi connectivity index (χ3v) is 4.20. The van der Waals surface area contributed by atoms with E-state index in [-0.39, 0.29) is 17.9 Å². The molecule has 5 nitrogen and oxygen atoms in total. The number of carbonyl (C=O) groups is 2. The van der Waals surface area contributed by atoms with E-state index >= 15 is 0 Å². The van der Waals surface area contributed by atoms with Crippen LogP contribution in [-0.2, 0) is 4.79 Å². The van der Waals surface area contributed by atoms with Crippen molar-refractivity contribution in [2.24, 2.45) is 0 Å². The standard InChI is InChI=1S/C15H19N3O2S/c1-8(2)17-14(19)9(3)18-15(20)13-12(16)10-6-4-5-7-11(10)21-13/h4-9H,16H2,1-3H3,(H,17,19)(H,18,20). The first kappa shape index (κ1) is 15.3. The van der Waals surface area contributed by atoms with Gasteiger partial charge < -0.3 is 16.4 Å². The third kappa shape index (κ3) is 3.33. The second-order valence-corrected chi connectivity index (χ2v) is 6.25. The minimum absolute atomic E-state index is 0.0336. The van der Waals surface area contributed by atoms with Gasteiger partial charge in [0.1, 0.15) is 10.9 Å². The summed E-state index contributed by atoms with van der Waals surface area (Å²) in [5.41, 5.74) is 6.48. The van der Waals surface area contributed by atoms with Gasteiger partial charge in [-0.2, -0.15) is 0 Å². The fourth-order valence-corrected chi connectivity index (χ4v) is 3.00. The van der Waals surface area contributed by atoms with E-state index in [9.17, 15) is 9.59 Å². The molecule has 2 amide bonds. The fourth-order valence-electron chi connectivity index (χ4n) is 1.97. The molecule has 21 heavy (non-hydrogen) atoms. The second kappa shape index (κ2) is 6.13. The highest BCUT2D eigenvalue weighted by atomic mass is 32.1. The van der Waals surface area contributed by atoms with Crippen LogP contribution in [0.1, 0.15) is 30.4 Å². The lowest BCUT2D eigenvalue weighted by molar-refractivity contribution is -0.123. The van der Waals surface area contributed by atoms with E-state index in [0.717, 1.165) is 10.1 Å². The lowest BCUT2D eigenvalue weighted by Crippen LogP contribution is -2.46. The van der Waals surface area contributed by atoms with Gasteiger partial charge in [0.25, 0.3) is 5.91 Å². The van der Waals surface area contributed by atoms with Crippen LogP contribution in [0.2, 0.25) is 0 Å². The van der Waals surface area contributed by atoms with Crippen molar-refractivity contribution in [1.82, 2.24) is 10.6 Å². The Labute approximate surface area is 127 Å². The Morgan fingerprint density at radius 2 is 1.81 bits per heavy atom. The summed E-state index contributed by atoms with van der Waals surface area (Å²) in [5.74, 6) is -0.530. The first-order valence-electron chi connectivity index (χ1n) is 6.78. The molecule has 0 aliphatic carbocycles. The summed E-state index contributed by atoms with van der Waals surface area (Å²) in [6.07, 6.45) is 0. The van der Waals surface area contributed by atoms with Crippen LogP contribution in [0.25, 0.3) is 10.1 Å². The van der Waals surface area contributed by atoms with Crippen molar-refractivity contribution in [2.75, 3.05) is 5.73 Å². The molecule has 0 fully saturated rings. The topological polar surface area (TPSA) is 84.2 Å². The van der Waals surface area contributed by atoms with Gasteiger partial charge in [0, 0.05) is 16.1 Å². The number of anilines is 1. The molecule has 0 aliphatic heterocycles. The largest absolute Gasteiger partial charge is 0.397 e. The molecular weight excluding hydrogens is 286 g/mol. The predicted molar refractivity (Wildman–Crippen MR) is 86.4 cm³/mol. The summed E-state index contributed by atoms with van der Waals surface area (Å²) in [6.45, 7) is 5.39. The molecule has 2 aromatic rings. The van der Waals surface area contributed by atoms with Gasteiger partial charge in [-0.3, -0.25) is 9.59 Å². The van der Waals surface area contributed by atoms with Crippen molar-refractivity contribution in [2.45, 2.75) is 32.9 Å². The Hall–Kier alpha value is -2.08. The maximum Gasteiger partial charge on any atom is 0.264 e. The Morgan fingerprint density at radius 1 is 1.14 bits per heavy atom. The summed E-state index contributed by atoms with van der Waals surface area (Å²) in [6, 6.07) is 7.01. The van der Waals surface area contributed by atoms with E-state index in [4.69, 9.17) is 5.73 Å². The summed E-state index contributed by atoms with van der Waals surface area (Å²) < 4.78 is 0.958. The smallest absolute Gasteiger partial charge is 0.264 e. The molecule has 0 saturated heterocycles. The zero-order chi connectivity index (χ0) is 15.6. The number of nitrogens with two attached hydrogens (primary N) is 1. The molecule has 0 saturated carbocycles. The van der Waals surface area contributed by atoms with Gasteiger partial charge in [-0.1, -0.05) is 18.2 Å². The first-order valence-corrected chi connectivity index (χ1v) is 7.60. The number of rotatable bonds is 4. The third-order valence-electron chi connectivity index (χ3n) is 3.01. The van der Waals surface area contributed by atoms with Gasteiger partial charge >= 0.3 is 0 Å². The Balaban J connectivity index is 2.15. The van der Waals surface area contributed by atoms with E-state index in [1.165, 1.54) is 11.3 Å². The van der Waals surface area contributed by atoms with Gasteiger partial charge in [-0.25, -0.2) is 0 Å². The van der Waals surface area contributed by atoms with Crippen molar-refractivity contribution >= 4 is 38.9 Å². The number of nitrogens with one attached hydrogen (secondary N) is 2. The number of carbonyl (C=O) groups excluding carboxylic acids is 2. The normalized spacial score (nSPS) is 12.4. The molecule has 0 bridgehead atoms. The Morgan fingerprint density at radius 3 is 2.43 bits per heavy atom. The van der Waals surface area contributed by atoms with E-state index in [1.54, 1.807) is 6.92 Å². The summed E-state index contributed by atoms with van der Waals surface area (Å²) in [4.78, 5) is 24.5. The van der Waals surface area contributed by atoms with E-state index < -0.39 is 6.04 Å². The number of benzene rings is 1. The van der Waals surface area contributed by atoms with Gasteiger partial charge in [-0.05, 0) is 26.8 Å². The van der Waals surface area contributed by atoms with Crippen LogP contribution in [0, 0.1) is 0 Å². The number of amides is 2. The van der Waals surface area contributed by atoms with Gasteiger partial charge in [0.05, 0.1) is 5.69 Å². The predicted octanol–water partition coefficient (Wildman–Crippen LogP) is 2.13. The van der Waals surface area contributed by atoms with Crippen LogP contribution in [0.3, 0.4) is 0 Å². The average Bonchev–Trinajstić information content (AvgIpc) is 2.76. The van der Waals surface area contributed by atoms with Crippen LogP contribution in [0.5, 0.6) is 0 Å². The number of thiophene rings is 1. The molecule has 0 aliphatic rings. The maximum absolute atomic E-state index is 12.3. The van der Waals surface area contributed by atoms with Crippen molar-refractivity contribution < 1.29 is 9.59 Å². The molecule has 4 N–H and O–H groups in total. The van der Waals surface area contributed by atoms with E-state index in [2.05, 4.69) is 10.6 Å². The average molecular weight is 305 g/mol. The highest BCUT2D eigenvalue weighted by Crippen LogP contribution is 2.33. The molecule has 6 heteroatoms. The maximum atomic E-state index is 12.3. The van der Waals surface area contributed by atoms with E-state index in [0.29, 0.717) is 10.6 Å². The Kier molecular flexibility index (Phi) is 4.47. The molecule has 0 radical (unpaired) electrons. The number of fused-ring (bicyclic) bond motifs is 1. The molecule has 1 heterocycles. The lowest BCUT2D eigenvalue weighted by Gasteiger charge is -2.15. The summed E-state index contributed by atoms with van der Waals surface area (Å²) in [5, 5.41) is 6.31. The molecule has 1 unspecified atom stereocenters. The molecule has 1 aromatic carbocycles. The monoisotopic (exact) mass is 305 g/mol. The van der Waals surface area contributed by atoms with Crippen molar-refractivity contribution in [3.8, 4) is 0 Å². The fraction of sp³-hybridized carbons (Fsp3) is 0.333. The van der Waals surface area contributed by atoms with Crippen molar-refractivity contribution in [1.29, 1.82) is 0 Å². The van der Waals surface area contributed by atoms with Crippen LogP contribution in [0.4, 0.5) is 5.69 Å². The molecule has 112 valence electrons. The molecule has 2 rings (SSSR count). The second-order valence-electron chi connectivity index (χ2n) is 5.20. The van der Waals surface area contributed by atoms with Gasteiger partial charge in [0.15, 0.2) is 0 Å². The minimum Gasteiger partial charge on any atom is -0.397 e. The van der Waals surface area contributed by atoms with Crippen LogP contribution in [-0.4, -0.2) is 23.9 Å². The summed E-state index contributed by atoms with van der Waals surface area (Å²) in [7, 11) is 0. The minimum atomic E-state index is -0.607. The zero-order valence-electron chi connectivity index (χ0n) is 12.3. The number of hydrogen-bond donors (Lipinski definition) is 3. The highest BCUT2D eigenvalue weighted by molar-refractivity contribution is 7.21. The number of hydrogen-bond acceptors (Lipinski definition) is 4. The quantitative estimate of drug-likeness (QED) is 0.809. The van der Waals surface area contributed by atoms with Crippen LogP contribution in [0.15, 0.2) is 24.3 Å². The molecule has 1 atom stereocenters. The van der Waals surface area contributed by atoms with Crippen LogP contribution < -0.4 is 16.4 Å². The van der Waals surface area contributed by atoms with E-state index in [1.807, 2.05) is 38.1 Å². The van der Waals surface area contributed by atoms with Gasteiger partial charge in [0.2, 0.25) is 5.91 Å². The van der Waals surface area contributed by atoms with Crippen molar-refractivity contribution in [3.63, 3.8) is 0 Å². The van der Waals surface area contributed by atoms with Gasteiger partial charge in [-0.15, -0.1) is 11.3 Å². The zero-order valence-corrected chi connectivity index (χ0v) is 13.1. The molecule has 1 aromatic heterocycles.